The summed E-state index contributed by atoms with van der Waals surface area (Å²) in [7, 11) is 0. The van der Waals surface area contributed by atoms with Crippen molar-refractivity contribution in [3.8, 4) is 6.07 Å². The van der Waals surface area contributed by atoms with Gasteiger partial charge in [-0.2, -0.15) is 5.26 Å². The molecule has 0 aliphatic rings. The van der Waals surface area contributed by atoms with Crippen LogP contribution in [0.15, 0.2) is 46.0 Å². The van der Waals surface area contributed by atoms with Crippen molar-refractivity contribution in [3.63, 3.8) is 0 Å². The summed E-state index contributed by atoms with van der Waals surface area (Å²) in [6, 6.07) is 13.1. The van der Waals surface area contributed by atoms with Gasteiger partial charge in [0.15, 0.2) is 0 Å². The van der Waals surface area contributed by atoms with E-state index in [0.29, 0.717) is 11.3 Å². The Morgan fingerprint density at radius 1 is 1.40 bits per heavy atom. The van der Waals surface area contributed by atoms with E-state index in [1.54, 1.807) is 41.3 Å². The average Bonchev–Trinajstić information content (AvgIpc) is 2.98. The zero-order chi connectivity index (χ0) is 14.4. The normalized spacial score (nSPS) is 11.6. The number of carbonyl (C=O) groups excluding carboxylic acids is 1. The van der Waals surface area contributed by atoms with Gasteiger partial charge in [0.1, 0.15) is 6.07 Å². The van der Waals surface area contributed by atoms with Crippen LogP contribution in [0.4, 0.5) is 5.69 Å². The molecule has 0 spiro atoms. The van der Waals surface area contributed by atoms with Crippen molar-refractivity contribution in [3.05, 3.63) is 47.3 Å². The van der Waals surface area contributed by atoms with Gasteiger partial charge in [-0.3, -0.25) is 4.79 Å². The number of thiophene rings is 1. The molecule has 0 radical (unpaired) electrons. The first kappa shape index (κ1) is 14.6. The van der Waals surface area contributed by atoms with E-state index in [1.807, 2.05) is 30.5 Å². The molecule has 0 saturated carbocycles. The lowest BCUT2D eigenvalue weighted by molar-refractivity contribution is -0.115. The van der Waals surface area contributed by atoms with E-state index < -0.39 is 0 Å². The number of hydrogen-bond donors (Lipinski definition) is 1. The van der Waals surface area contributed by atoms with Crippen molar-refractivity contribution in [1.29, 1.82) is 5.26 Å². The van der Waals surface area contributed by atoms with Crippen LogP contribution in [0, 0.1) is 11.3 Å². The van der Waals surface area contributed by atoms with Gasteiger partial charge in [0.2, 0.25) is 5.91 Å². The molecular formula is C15H14N2OS2. The number of nitrogens with zero attached hydrogens (tertiary/aromatic N) is 1. The molecule has 1 aromatic carbocycles. The predicted octanol–water partition coefficient (Wildman–Crippen LogP) is 4.13. The second-order valence-corrected chi connectivity index (χ2v) is 6.54. The van der Waals surface area contributed by atoms with Crippen LogP contribution in [0.2, 0.25) is 0 Å². The highest BCUT2D eigenvalue weighted by Gasteiger charge is 2.19. The van der Waals surface area contributed by atoms with Gasteiger partial charge in [-0.25, -0.2) is 0 Å². The zero-order valence-electron chi connectivity index (χ0n) is 11.0. The smallest absolute Gasteiger partial charge is 0.237 e. The minimum Gasteiger partial charge on any atom is -0.324 e. The molecule has 0 bridgehead atoms. The lowest BCUT2D eigenvalue weighted by atomic mass is 10.2. The van der Waals surface area contributed by atoms with Gasteiger partial charge in [-0.15, -0.1) is 23.1 Å². The molecule has 1 heterocycles. The molecule has 0 unspecified atom stereocenters. The van der Waals surface area contributed by atoms with E-state index in [9.17, 15) is 4.79 Å². The molecule has 0 aliphatic heterocycles. The molecule has 0 aliphatic carbocycles. The SMILES string of the molecule is CC[C@H](Sc1cccs1)C(=O)Nc1ccccc1C#N. The summed E-state index contributed by atoms with van der Waals surface area (Å²) in [6.45, 7) is 1.99. The maximum absolute atomic E-state index is 12.3. The lowest BCUT2D eigenvalue weighted by Gasteiger charge is -2.14. The van der Waals surface area contributed by atoms with Crippen molar-refractivity contribution in [1.82, 2.24) is 0 Å². The third kappa shape index (κ3) is 3.62. The molecule has 1 amide bonds. The molecule has 102 valence electrons. The first-order valence-corrected chi connectivity index (χ1v) is 8.00. The highest BCUT2D eigenvalue weighted by Crippen LogP contribution is 2.30. The Bertz CT molecular complexity index is 617. The maximum Gasteiger partial charge on any atom is 0.237 e. The number of carbonyl (C=O) groups is 1. The zero-order valence-corrected chi connectivity index (χ0v) is 12.6. The van der Waals surface area contributed by atoms with Crippen LogP contribution in [0.5, 0.6) is 0 Å². The van der Waals surface area contributed by atoms with E-state index in [-0.39, 0.29) is 11.2 Å². The topological polar surface area (TPSA) is 52.9 Å². The largest absolute Gasteiger partial charge is 0.324 e. The molecular weight excluding hydrogens is 288 g/mol. The highest BCUT2D eigenvalue weighted by atomic mass is 32.2. The molecule has 0 fully saturated rings. The van der Waals surface area contributed by atoms with E-state index in [0.717, 1.165) is 10.6 Å². The second kappa shape index (κ2) is 7.13. The van der Waals surface area contributed by atoms with Crippen molar-refractivity contribution in [2.75, 3.05) is 5.32 Å². The monoisotopic (exact) mass is 302 g/mol. The molecule has 3 nitrogen and oxygen atoms in total. The van der Waals surface area contributed by atoms with Gasteiger partial charge >= 0.3 is 0 Å². The molecule has 2 rings (SSSR count). The van der Waals surface area contributed by atoms with Crippen LogP contribution in [0.25, 0.3) is 0 Å². The Morgan fingerprint density at radius 3 is 2.85 bits per heavy atom. The van der Waals surface area contributed by atoms with Gasteiger partial charge < -0.3 is 5.32 Å². The summed E-state index contributed by atoms with van der Waals surface area (Å²) in [5, 5.41) is 13.7. The fraction of sp³-hybridized carbons (Fsp3) is 0.200. The molecule has 0 saturated heterocycles. The van der Waals surface area contributed by atoms with Crippen LogP contribution < -0.4 is 5.32 Å². The Kier molecular flexibility index (Phi) is 5.22. The minimum absolute atomic E-state index is 0.0615. The average molecular weight is 302 g/mol. The van der Waals surface area contributed by atoms with E-state index in [2.05, 4.69) is 11.4 Å². The fourth-order valence-corrected chi connectivity index (χ4v) is 3.65. The van der Waals surface area contributed by atoms with Gasteiger partial charge in [0.05, 0.1) is 20.7 Å². The lowest BCUT2D eigenvalue weighted by Crippen LogP contribution is -2.24. The molecule has 20 heavy (non-hydrogen) atoms. The predicted molar refractivity (Wildman–Crippen MR) is 84.0 cm³/mol. The first-order chi connectivity index (χ1) is 9.74. The number of amides is 1. The van der Waals surface area contributed by atoms with Gasteiger partial charge in [0.25, 0.3) is 0 Å². The molecule has 1 atom stereocenters. The number of hydrogen-bond acceptors (Lipinski definition) is 4. The van der Waals surface area contributed by atoms with Gasteiger partial charge in [-0.05, 0) is 30.0 Å². The number of anilines is 1. The van der Waals surface area contributed by atoms with Crippen LogP contribution in [-0.2, 0) is 4.79 Å². The first-order valence-electron chi connectivity index (χ1n) is 6.24. The quantitative estimate of drug-likeness (QED) is 0.845. The van der Waals surface area contributed by atoms with Crippen molar-refractivity contribution in [2.45, 2.75) is 22.8 Å². The van der Waals surface area contributed by atoms with Gasteiger partial charge in [-0.1, -0.05) is 25.1 Å². The maximum atomic E-state index is 12.3. The van der Waals surface area contributed by atoms with E-state index >= 15 is 0 Å². The summed E-state index contributed by atoms with van der Waals surface area (Å²) in [6.07, 6.45) is 0.739. The molecule has 1 aromatic heterocycles. The van der Waals surface area contributed by atoms with Gasteiger partial charge in [0, 0.05) is 0 Å². The second-order valence-electron chi connectivity index (χ2n) is 4.09. The molecule has 5 heteroatoms. The highest BCUT2D eigenvalue weighted by molar-refractivity contribution is 8.02. The number of nitriles is 1. The van der Waals surface area contributed by atoms with Crippen molar-refractivity contribution < 1.29 is 4.79 Å². The van der Waals surface area contributed by atoms with Crippen LogP contribution in [0.3, 0.4) is 0 Å². The number of benzene rings is 1. The number of nitrogens with one attached hydrogen (secondary N) is 1. The molecule has 2 aromatic rings. The van der Waals surface area contributed by atoms with E-state index in [4.69, 9.17) is 5.26 Å². The third-order valence-corrected chi connectivity index (χ3v) is 5.16. The standard InChI is InChI=1S/C15H14N2OS2/c1-2-13(20-14-8-5-9-19-14)15(18)17-12-7-4-3-6-11(12)10-16/h3-9,13H,2H2,1H3,(H,17,18)/t13-/m0/s1. The van der Waals surface area contributed by atoms with Crippen LogP contribution in [-0.4, -0.2) is 11.2 Å². The van der Waals surface area contributed by atoms with Crippen LogP contribution in [0.1, 0.15) is 18.9 Å². The fourth-order valence-electron chi connectivity index (χ4n) is 1.70. The summed E-state index contributed by atoms with van der Waals surface area (Å²) in [4.78, 5) is 12.3. The molecule has 1 N–H and O–H groups in total. The van der Waals surface area contributed by atoms with Crippen molar-refractivity contribution >= 4 is 34.7 Å². The summed E-state index contributed by atoms with van der Waals surface area (Å²) >= 11 is 3.19. The summed E-state index contributed by atoms with van der Waals surface area (Å²) in [5.74, 6) is -0.0615. The number of thioether (sulfide) groups is 1. The Balaban J connectivity index is 2.08. The van der Waals surface area contributed by atoms with Crippen LogP contribution >= 0.6 is 23.1 Å². The Labute approximate surface area is 126 Å². The number of rotatable bonds is 5. The Morgan fingerprint density at radius 2 is 2.20 bits per heavy atom. The third-order valence-electron chi connectivity index (χ3n) is 2.72. The summed E-state index contributed by atoms with van der Waals surface area (Å²) < 4.78 is 1.13. The number of para-hydroxylation sites is 1. The Hall–Kier alpha value is -1.77. The summed E-state index contributed by atoms with van der Waals surface area (Å²) in [5.41, 5.74) is 1.06. The van der Waals surface area contributed by atoms with E-state index in [1.165, 1.54) is 0 Å². The minimum atomic E-state index is -0.152. The van der Waals surface area contributed by atoms with Crippen molar-refractivity contribution in [2.24, 2.45) is 0 Å².